The summed E-state index contributed by atoms with van der Waals surface area (Å²) in [7, 11) is 0. The molecule has 0 heterocycles. The first-order valence-electron chi connectivity index (χ1n) is 8.60. The van der Waals surface area contributed by atoms with E-state index < -0.39 is 0 Å². The van der Waals surface area contributed by atoms with Gasteiger partial charge in [0.15, 0.2) is 0 Å². The molecule has 0 spiro atoms. The highest BCUT2D eigenvalue weighted by molar-refractivity contribution is 4.81. The summed E-state index contributed by atoms with van der Waals surface area (Å²) in [6.07, 6.45) is 20.9. The smallest absolute Gasteiger partial charge is 0.0647 e. The molecule has 1 fully saturated rings. The maximum Gasteiger partial charge on any atom is 0.0647 e. The van der Waals surface area contributed by atoms with Crippen molar-refractivity contribution in [2.45, 2.75) is 102 Å². The maximum absolute atomic E-state index is 10.4. The summed E-state index contributed by atoms with van der Waals surface area (Å²) in [5.41, 5.74) is -0.289. The fraction of sp³-hybridized carbons (Fsp3) is 0.889. The Morgan fingerprint density at radius 3 is 1.89 bits per heavy atom. The van der Waals surface area contributed by atoms with E-state index in [-0.39, 0.29) is 5.60 Å². The van der Waals surface area contributed by atoms with E-state index >= 15 is 0 Å². The lowest BCUT2D eigenvalue weighted by Gasteiger charge is -2.32. The summed E-state index contributed by atoms with van der Waals surface area (Å²) in [4.78, 5) is 0. The van der Waals surface area contributed by atoms with Crippen molar-refractivity contribution < 1.29 is 5.11 Å². The molecule has 1 aliphatic carbocycles. The summed E-state index contributed by atoms with van der Waals surface area (Å²) >= 11 is 0. The molecule has 0 radical (unpaired) electrons. The molecule has 19 heavy (non-hydrogen) atoms. The zero-order chi connectivity index (χ0) is 13.8. The molecule has 0 aromatic rings. The first kappa shape index (κ1) is 16.8. The third-order valence-corrected chi connectivity index (χ3v) is 4.58. The van der Waals surface area contributed by atoms with Gasteiger partial charge >= 0.3 is 0 Å². The number of aliphatic hydroxyl groups is 1. The van der Waals surface area contributed by atoms with Gasteiger partial charge in [0.2, 0.25) is 0 Å². The van der Waals surface area contributed by atoms with Crippen molar-refractivity contribution in [1.82, 2.24) is 0 Å². The number of rotatable bonds is 11. The molecule has 1 rings (SSSR count). The lowest BCUT2D eigenvalue weighted by Crippen LogP contribution is -2.30. The van der Waals surface area contributed by atoms with Crippen molar-refractivity contribution in [3.05, 3.63) is 12.7 Å². The van der Waals surface area contributed by atoms with E-state index in [1.165, 1.54) is 77.0 Å². The minimum absolute atomic E-state index is 0.289. The molecule has 1 nitrogen and oxygen atoms in total. The molecule has 0 bridgehead atoms. The van der Waals surface area contributed by atoms with Gasteiger partial charge in [0.1, 0.15) is 0 Å². The van der Waals surface area contributed by atoms with Gasteiger partial charge in [-0.2, -0.15) is 0 Å². The van der Waals surface area contributed by atoms with Crippen LogP contribution in [0.4, 0.5) is 0 Å². The molecule has 0 saturated heterocycles. The quantitative estimate of drug-likeness (QED) is 0.372. The van der Waals surface area contributed by atoms with Gasteiger partial charge in [0.05, 0.1) is 5.60 Å². The molecule has 1 saturated carbocycles. The van der Waals surface area contributed by atoms with Crippen LogP contribution in [0.3, 0.4) is 0 Å². The van der Waals surface area contributed by atoms with Crippen LogP contribution in [0.2, 0.25) is 0 Å². The highest BCUT2D eigenvalue weighted by Gasteiger charge is 2.27. The van der Waals surface area contributed by atoms with Crippen molar-refractivity contribution in [2.24, 2.45) is 0 Å². The average Bonchev–Trinajstić information content (AvgIpc) is 2.42. The second kappa shape index (κ2) is 10.5. The molecule has 0 unspecified atom stereocenters. The van der Waals surface area contributed by atoms with Gasteiger partial charge < -0.3 is 5.11 Å². The number of hydrogen-bond acceptors (Lipinski definition) is 1. The maximum atomic E-state index is 10.4. The minimum atomic E-state index is -0.289. The molecular weight excluding hydrogens is 232 g/mol. The van der Waals surface area contributed by atoms with E-state index in [1.54, 1.807) is 0 Å². The summed E-state index contributed by atoms with van der Waals surface area (Å²) < 4.78 is 0. The lowest BCUT2D eigenvalue weighted by molar-refractivity contribution is -0.00587. The van der Waals surface area contributed by atoms with Crippen LogP contribution < -0.4 is 0 Å². The molecule has 0 aromatic carbocycles. The molecule has 1 N–H and O–H groups in total. The van der Waals surface area contributed by atoms with Crippen molar-refractivity contribution in [3.8, 4) is 0 Å². The fourth-order valence-electron chi connectivity index (χ4n) is 3.26. The summed E-state index contributed by atoms with van der Waals surface area (Å²) in [5, 5.41) is 10.4. The number of unbranched alkanes of at least 4 members (excludes halogenated alkanes) is 8. The minimum Gasteiger partial charge on any atom is -0.390 e. The Bertz CT molecular complexity index is 216. The Morgan fingerprint density at radius 2 is 1.32 bits per heavy atom. The Balaban J connectivity index is 1.84. The van der Waals surface area contributed by atoms with Crippen molar-refractivity contribution in [3.63, 3.8) is 0 Å². The highest BCUT2D eigenvalue weighted by atomic mass is 16.3. The second-order valence-electron chi connectivity index (χ2n) is 6.44. The molecule has 0 amide bonds. The summed E-state index contributed by atoms with van der Waals surface area (Å²) in [5.74, 6) is 0. The SMILES string of the molecule is C=CCCCCCCCCCCC1(O)CCCCC1. The molecule has 1 aliphatic rings. The van der Waals surface area contributed by atoms with Gasteiger partial charge in [-0.05, 0) is 32.1 Å². The van der Waals surface area contributed by atoms with Crippen molar-refractivity contribution in [2.75, 3.05) is 0 Å². The Morgan fingerprint density at radius 1 is 0.789 bits per heavy atom. The van der Waals surface area contributed by atoms with E-state index in [9.17, 15) is 5.11 Å². The van der Waals surface area contributed by atoms with Gasteiger partial charge in [-0.15, -0.1) is 6.58 Å². The van der Waals surface area contributed by atoms with E-state index in [0.717, 1.165) is 19.3 Å². The zero-order valence-corrected chi connectivity index (χ0v) is 12.8. The Hall–Kier alpha value is -0.300. The molecular formula is C18H34O. The topological polar surface area (TPSA) is 20.2 Å². The molecule has 0 atom stereocenters. The van der Waals surface area contributed by atoms with Gasteiger partial charge in [0, 0.05) is 0 Å². The second-order valence-corrected chi connectivity index (χ2v) is 6.44. The highest BCUT2D eigenvalue weighted by Crippen LogP contribution is 2.32. The van der Waals surface area contributed by atoms with E-state index in [4.69, 9.17) is 0 Å². The van der Waals surface area contributed by atoms with Crippen LogP contribution in [0.1, 0.15) is 96.3 Å². The third-order valence-electron chi connectivity index (χ3n) is 4.58. The van der Waals surface area contributed by atoms with Gasteiger partial charge in [-0.1, -0.05) is 70.3 Å². The number of hydrogen-bond donors (Lipinski definition) is 1. The van der Waals surface area contributed by atoms with Crippen LogP contribution in [-0.2, 0) is 0 Å². The fourth-order valence-corrected chi connectivity index (χ4v) is 3.26. The number of allylic oxidation sites excluding steroid dienone is 1. The average molecular weight is 266 g/mol. The van der Waals surface area contributed by atoms with Crippen molar-refractivity contribution in [1.29, 1.82) is 0 Å². The largest absolute Gasteiger partial charge is 0.390 e. The van der Waals surface area contributed by atoms with Gasteiger partial charge in [-0.3, -0.25) is 0 Å². The summed E-state index contributed by atoms with van der Waals surface area (Å²) in [6.45, 7) is 3.75. The van der Waals surface area contributed by atoms with Crippen LogP contribution in [-0.4, -0.2) is 10.7 Å². The zero-order valence-electron chi connectivity index (χ0n) is 12.8. The lowest BCUT2D eigenvalue weighted by atomic mass is 9.81. The molecule has 0 aliphatic heterocycles. The predicted molar refractivity (Wildman–Crippen MR) is 84.4 cm³/mol. The normalized spacial score (nSPS) is 18.4. The van der Waals surface area contributed by atoms with Crippen LogP contribution in [0, 0.1) is 0 Å². The van der Waals surface area contributed by atoms with Crippen LogP contribution in [0.15, 0.2) is 12.7 Å². The van der Waals surface area contributed by atoms with Crippen LogP contribution >= 0.6 is 0 Å². The third kappa shape index (κ3) is 8.47. The molecule has 0 aromatic heterocycles. The first-order valence-corrected chi connectivity index (χ1v) is 8.60. The predicted octanol–water partition coefficient (Wildman–Crippen LogP) is 5.77. The van der Waals surface area contributed by atoms with E-state index in [0.29, 0.717) is 0 Å². The standard InChI is InChI=1S/C18H34O/c1-2-3-4-5-6-7-8-9-10-12-15-18(19)16-13-11-14-17-18/h2,19H,1,3-17H2. The van der Waals surface area contributed by atoms with Crippen molar-refractivity contribution >= 4 is 0 Å². The van der Waals surface area contributed by atoms with Crippen LogP contribution in [0.5, 0.6) is 0 Å². The van der Waals surface area contributed by atoms with E-state index in [1.807, 2.05) is 6.08 Å². The molecule has 1 heteroatoms. The Labute approximate surface area is 120 Å². The first-order chi connectivity index (χ1) is 9.27. The monoisotopic (exact) mass is 266 g/mol. The Kier molecular flexibility index (Phi) is 9.24. The summed E-state index contributed by atoms with van der Waals surface area (Å²) in [6, 6.07) is 0. The van der Waals surface area contributed by atoms with Gasteiger partial charge in [0.25, 0.3) is 0 Å². The van der Waals surface area contributed by atoms with Gasteiger partial charge in [-0.25, -0.2) is 0 Å². The van der Waals surface area contributed by atoms with Crippen LogP contribution in [0.25, 0.3) is 0 Å². The van der Waals surface area contributed by atoms with E-state index in [2.05, 4.69) is 6.58 Å². The molecule has 112 valence electrons.